The number of hydrogen-bond donors (Lipinski definition) is 1. The molecule has 0 spiro atoms. The van der Waals surface area contributed by atoms with E-state index in [1.165, 1.54) is 24.2 Å². The van der Waals surface area contributed by atoms with Gasteiger partial charge >= 0.3 is 0 Å². The maximum Gasteiger partial charge on any atom is 0.200 e. The fourth-order valence-electron chi connectivity index (χ4n) is 6.32. The first-order chi connectivity index (χ1) is 22.7. The molecule has 1 aliphatic carbocycles. The van der Waals surface area contributed by atoms with Gasteiger partial charge in [-0.25, -0.2) is 9.36 Å². The molecule has 1 saturated carbocycles. The van der Waals surface area contributed by atoms with Crippen molar-refractivity contribution in [2.24, 2.45) is 0 Å². The molecule has 5 aromatic carbocycles. The Morgan fingerprint density at radius 2 is 1.22 bits per heavy atom. The summed E-state index contributed by atoms with van der Waals surface area (Å²) in [4.78, 5) is 0.502. The predicted molar refractivity (Wildman–Crippen MR) is 180 cm³/mol. The van der Waals surface area contributed by atoms with E-state index < -0.39 is 5.54 Å². The molecule has 0 saturated heterocycles. The van der Waals surface area contributed by atoms with Gasteiger partial charge in [0.15, 0.2) is 5.82 Å². The smallest absolute Gasteiger partial charge is 0.200 e. The number of tetrazole rings is 1. The number of rotatable bonds is 9. The number of nitrogens with zero attached hydrogens (tertiary/aromatic N) is 6. The molecule has 7 nitrogen and oxygen atoms in total. The lowest BCUT2D eigenvalue weighted by Crippen LogP contribution is -2.39. The molecule has 0 atom stereocenters. The second-order valence-corrected chi connectivity index (χ2v) is 12.7. The van der Waals surface area contributed by atoms with E-state index in [4.69, 9.17) is 20.8 Å². The van der Waals surface area contributed by atoms with E-state index in [-0.39, 0.29) is 0 Å². The van der Waals surface area contributed by atoms with Gasteiger partial charge in [0.25, 0.3) is 0 Å². The second-order valence-electron chi connectivity index (χ2n) is 11.6. The Labute approximate surface area is 271 Å². The Morgan fingerprint density at radius 1 is 0.674 bits per heavy atom. The summed E-state index contributed by atoms with van der Waals surface area (Å²) >= 11 is 1.50. The Morgan fingerprint density at radius 3 is 1.78 bits per heavy atom. The molecule has 2 heterocycles. The highest BCUT2D eigenvalue weighted by atomic mass is 32.1. The summed E-state index contributed by atoms with van der Waals surface area (Å²) in [5.74, 6) is 1.22. The van der Waals surface area contributed by atoms with Crippen LogP contribution in [-0.4, -0.2) is 30.0 Å². The predicted octanol–water partition coefficient (Wildman–Crippen LogP) is 7.51. The van der Waals surface area contributed by atoms with E-state index in [1.54, 1.807) is 0 Å². The molecule has 0 amide bonds. The minimum absolute atomic E-state index is 0.502. The van der Waals surface area contributed by atoms with Gasteiger partial charge in [-0.3, -0.25) is 5.41 Å². The van der Waals surface area contributed by atoms with E-state index in [2.05, 4.69) is 120 Å². The number of nitrogens with one attached hydrogen (secondary N) is 1. The fraction of sp³-hybridized carbons (Fsp3) is 0.132. The van der Waals surface area contributed by atoms with E-state index in [9.17, 15) is 0 Å². The van der Waals surface area contributed by atoms with Crippen LogP contribution in [0.1, 0.15) is 46.0 Å². The van der Waals surface area contributed by atoms with Gasteiger partial charge in [-0.15, -0.1) is 5.10 Å². The maximum atomic E-state index is 8.40. The van der Waals surface area contributed by atoms with Crippen LogP contribution in [-0.2, 0) is 12.1 Å². The average Bonchev–Trinajstić information content (AvgIpc) is 3.75. The van der Waals surface area contributed by atoms with Crippen LogP contribution in [0.15, 0.2) is 140 Å². The molecule has 0 aliphatic heterocycles. The SMILES string of the molecule is N=c1sc(C2CC2)nn1Cc1ccc(-c2ccccc2-c2nnnn2C(c2ccccc2)(c2ccccc2)c2ccccc2)cc1. The normalized spacial score (nSPS) is 13.1. The van der Waals surface area contributed by atoms with E-state index in [0.29, 0.717) is 23.1 Å². The van der Waals surface area contributed by atoms with E-state index >= 15 is 0 Å². The molecular formula is C38H31N7S. The van der Waals surface area contributed by atoms with Crippen LogP contribution >= 0.6 is 11.3 Å². The molecule has 1 N–H and O–H groups in total. The largest absolute Gasteiger partial charge is 0.274 e. The minimum Gasteiger partial charge on any atom is -0.274 e. The zero-order chi connectivity index (χ0) is 30.9. The van der Waals surface area contributed by atoms with Crippen LogP contribution < -0.4 is 4.80 Å². The first-order valence-electron chi connectivity index (χ1n) is 15.5. The van der Waals surface area contributed by atoms with Gasteiger partial charge in [-0.1, -0.05) is 151 Å². The van der Waals surface area contributed by atoms with Gasteiger partial charge in [0.2, 0.25) is 4.80 Å². The Balaban J connectivity index is 1.25. The summed E-state index contributed by atoms with van der Waals surface area (Å²) in [6.07, 6.45) is 2.38. The Kier molecular flexibility index (Phi) is 7.19. The third kappa shape index (κ3) is 4.97. The van der Waals surface area contributed by atoms with Crippen LogP contribution in [0.3, 0.4) is 0 Å². The van der Waals surface area contributed by atoms with Crippen LogP contribution in [0.2, 0.25) is 0 Å². The molecular weight excluding hydrogens is 587 g/mol. The van der Waals surface area contributed by atoms with Gasteiger partial charge < -0.3 is 0 Å². The van der Waals surface area contributed by atoms with E-state index in [0.717, 1.165) is 44.0 Å². The molecule has 7 aromatic rings. The molecule has 8 heteroatoms. The summed E-state index contributed by atoms with van der Waals surface area (Å²) in [7, 11) is 0. The van der Waals surface area contributed by atoms with Crippen molar-refractivity contribution in [1.82, 2.24) is 30.0 Å². The second kappa shape index (κ2) is 11.8. The highest BCUT2D eigenvalue weighted by molar-refractivity contribution is 7.08. The average molecular weight is 618 g/mol. The van der Waals surface area contributed by atoms with Crippen molar-refractivity contribution in [3.05, 3.63) is 172 Å². The molecule has 1 aliphatic rings. The maximum absolute atomic E-state index is 8.40. The quantitative estimate of drug-likeness (QED) is 0.170. The summed E-state index contributed by atoms with van der Waals surface area (Å²) in [6.45, 7) is 0.579. The summed E-state index contributed by atoms with van der Waals surface area (Å²) in [6, 6.07) is 48.2. The fourth-order valence-corrected chi connectivity index (χ4v) is 7.27. The highest BCUT2D eigenvalue weighted by Gasteiger charge is 2.42. The van der Waals surface area contributed by atoms with Crippen molar-refractivity contribution < 1.29 is 0 Å². The Hall–Kier alpha value is -5.47. The molecule has 8 rings (SSSR count). The van der Waals surface area contributed by atoms with Crippen molar-refractivity contribution in [1.29, 1.82) is 5.41 Å². The third-order valence-electron chi connectivity index (χ3n) is 8.71. The minimum atomic E-state index is -0.836. The summed E-state index contributed by atoms with van der Waals surface area (Å²) in [5.41, 5.74) is 6.47. The topological polar surface area (TPSA) is 85.3 Å². The van der Waals surface area contributed by atoms with Crippen molar-refractivity contribution in [3.63, 3.8) is 0 Å². The van der Waals surface area contributed by atoms with Gasteiger partial charge in [-0.2, -0.15) is 5.10 Å². The van der Waals surface area contributed by atoms with Gasteiger partial charge in [0, 0.05) is 11.5 Å². The number of aromatic nitrogens is 6. The highest BCUT2D eigenvalue weighted by Crippen LogP contribution is 2.43. The molecule has 46 heavy (non-hydrogen) atoms. The monoisotopic (exact) mass is 617 g/mol. The number of benzene rings is 5. The lowest BCUT2D eigenvalue weighted by atomic mass is 9.77. The zero-order valence-corrected chi connectivity index (χ0v) is 25.9. The van der Waals surface area contributed by atoms with Crippen molar-refractivity contribution >= 4 is 11.3 Å². The molecule has 2 aromatic heterocycles. The Bertz CT molecular complexity index is 2050. The summed E-state index contributed by atoms with van der Waals surface area (Å²) in [5, 5.41) is 28.0. The van der Waals surface area contributed by atoms with E-state index in [1.807, 2.05) is 33.6 Å². The van der Waals surface area contributed by atoms with Crippen LogP contribution in [0.25, 0.3) is 22.5 Å². The van der Waals surface area contributed by atoms with Crippen LogP contribution in [0.4, 0.5) is 0 Å². The lowest BCUT2D eigenvalue weighted by molar-refractivity contribution is 0.451. The van der Waals surface area contributed by atoms with Gasteiger partial charge in [-0.05, 0) is 56.6 Å². The van der Waals surface area contributed by atoms with Crippen LogP contribution in [0.5, 0.6) is 0 Å². The first kappa shape index (κ1) is 28.0. The molecule has 0 radical (unpaired) electrons. The van der Waals surface area contributed by atoms with Gasteiger partial charge in [0.1, 0.15) is 10.5 Å². The van der Waals surface area contributed by atoms with Crippen molar-refractivity contribution in [2.75, 3.05) is 0 Å². The molecule has 1 fully saturated rings. The van der Waals surface area contributed by atoms with Gasteiger partial charge in [0.05, 0.1) is 6.54 Å². The number of hydrogen-bond acceptors (Lipinski definition) is 6. The molecule has 0 bridgehead atoms. The first-order valence-corrected chi connectivity index (χ1v) is 16.3. The summed E-state index contributed by atoms with van der Waals surface area (Å²) < 4.78 is 3.79. The lowest BCUT2D eigenvalue weighted by Gasteiger charge is -2.36. The van der Waals surface area contributed by atoms with Crippen molar-refractivity contribution in [3.8, 4) is 22.5 Å². The molecule has 0 unspecified atom stereocenters. The zero-order valence-electron chi connectivity index (χ0n) is 25.1. The molecule has 224 valence electrons. The third-order valence-corrected chi connectivity index (χ3v) is 9.74. The van der Waals surface area contributed by atoms with Crippen molar-refractivity contribution in [2.45, 2.75) is 30.8 Å². The van der Waals surface area contributed by atoms with Crippen LogP contribution in [0, 0.1) is 5.41 Å². The standard InChI is InChI=1S/C38H31N7S/c39-37-44(41-36(46-37)29-24-25-29)26-27-20-22-28(23-21-27)33-18-10-11-19-34(33)35-40-42-43-45(35)38(30-12-4-1-5-13-30,31-14-6-2-7-15-31)32-16-8-3-9-17-32/h1-23,29,39H,24-26H2.